The Labute approximate surface area is 66.9 Å². The number of carbonyl (C=O) groups excluding carboxylic acids is 1. The van der Waals surface area contributed by atoms with Crippen LogP contribution in [0.1, 0.15) is 25.7 Å². The molecule has 0 aromatic rings. The molecule has 3 nitrogen and oxygen atoms in total. The van der Waals surface area contributed by atoms with E-state index < -0.39 is 5.91 Å². The molecule has 1 amide bonds. The second-order valence-electron chi connectivity index (χ2n) is 2.50. The predicted molar refractivity (Wildman–Crippen MR) is 43.9 cm³/mol. The minimum Gasteiger partial charge on any atom is -0.396 e. The van der Waals surface area contributed by atoms with Gasteiger partial charge in [0.1, 0.15) is 0 Å². The first-order valence-electron chi connectivity index (χ1n) is 3.77. The molecule has 0 heterocycles. The lowest BCUT2D eigenvalue weighted by atomic mass is 10.1. The van der Waals surface area contributed by atoms with Gasteiger partial charge in [-0.25, -0.2) is 0 Å². The Bertz CT molecular complexity index is 143. The van der Waals surface area contributed by atoms with E-state index in [0.717, 1.165) is 19.3 Å². The van der Waals surface area contributed by atoms with Crippen LogP contribution in [0.2, 0.25) is 0 Å². The molecule has 0 unspecified atom stereocenters. The van der Waals surface area contributed by atoms with Gasteiger partial charge in [-0.15, -0.1) is 0 Å². The fourth-order valence-corrected chi connectivity index (χ4v) is 0.750. The zero-order valence-electron chi connectivity index (χ0n) is 6.68. The Kier molecular flexibility index (Phi) is 5.47. The second kappa shape index (κ2) is 5.92. The van der Waals surface area contributed by atoms with Gasteiger partial charge in [-0.2, -0.15) is 0 Å². The topological polar surface area (TPSA) is 63.3 Å². The van der Waals surface area contributed by atoms with Crippen LogP contribution in [-0.2, 0) is 4.79 Å². The van der Waals surface area contributed by atoms with Gasteiger partial charge < -0.3 is 10.8 Å². The van der Waals surface area contributed by atoms with Gasteiger partial charge in [0.05, 0.1) is 0 Å². The first-order chi connectivity index (χ1) is 5.18. The van der Waals surface area contributed by atoms with Crippen molar-refractivity contribution in [2.24, 2.45) is 5.73 Å². The first-order valence-corrected chi connectivity index (χ1v) is 3.77. The van der Waals surface area contributed by atoms with Crippen molar-refractivity contribution in [1.82, 2.24) is 0 Å². The maximum atomic E-state index is 10.4. The van der Waals surface area contributed by atoms with Crippen LogP contribution in [-0.4, -0.2) is 17.6 Å². The Hall–Kier alpha value is -0.830. The van der Waals surface area contributed by atoms with Gasteiger partial charge in [0.2, 0.25) is 5.91 Å². The van der Waals surface area contributed by atoms with Crippen molar-refractivity contribution in [3.05, 3.63) is 12.2 Å². The average molecular weight is 157 g/mol. The van der Waals surface area contributed by atoms with Crippen molar-refractivity contribution >= 4 is 5.91 Å². The molecule has 0 aromatic heterocycles. The second-order valence-corrected chi connectivity index (χ2v) is 2.50. The van der Waals surface area contributed by atoms with E-state index in [0.29, 0.717) is 12.0 Å². The number of hydrogen-bond acceptors (Lipinski definition) is 2. The Morgan fingerprint density at radius 3 is 2.45 bits per heavy atom. The summed E-state index contributed by atoms with van der Waals surface area (Å²) in [5, 5.41) is 8.43. The molecular weight excluding hydrogens is 142 g/mol. The molecular formula is C8H15NO2. The van der Waals surface area contributed by atoms with Gasteiger partial charge in [-0.3, -0.25) is 4.79 Å². The molecule has 0 spiro atoms. The number of primary amides is 1. The highest BCUT2D eigenvalue weighted by Gasteiger charge is 1.99. The molecule has 0 radical (unpaired) electrons. The maximum Gasteiger partial charge on any atom is 0.244 e. The summed E-state index contributed by atoms with van der Waals surface area (Å²) in [4.78, 5) is 10.4. The van der Waals surface area contributed by atoms with Crippen LogP contribution < -0.4 is 5.73 Å². The zero-order valence-corrected chi connectivity index (χ0v) is 6.68. The van der Waals surface area contributed by atoms with Crippen molar-refractivity contribution in [2.75, 3.05) is 6.61 Å². The standard InChI is InChI=1S/C8H15NO2/c1-7(8(9)11)5-3-2-4-6-10/h10H,1-6H2,(H2,9,11). The van der Waals surface area contributed by atoms with Gasteiger partial charge in [-0.05, 0) is 19.3 Å². The van der Waals surface area contributed by atoms with Crippen molar-refractivity contribution < 1.29 is 9.90 Å². The smallest absolute Gasteiger partial charge is 0.244 e. The summed E-state index contributed by atoms with van der Waals surface area (Å²) in [6.07, 6.45) is 3.23. The summed E-state index contributed by atoms with van der Waals surface area (Å²) in [7, 11) is 0. The summed E-state index contributed by atoms with van der Waals surface area (Å²) in [6.45, 7) is 3.73. The summed E-state index contributed by atoms with van der Waals surface area (Å²) < 4.78 is 0. The van der Waals surface area contributed by atoms with Crippen LogP contribution in [0.25, 0.3) is 0 Å². The van der Waals surface area contributed by atoms with Gasteiger partial charge in [0.25, 0.3) is 0 Å². The molecule has 3 N–H and O–H groups in total. The molecule has 0 rings (SSSR count). The summed E-state index contributed by atoms with van der Waals surface area (Å²) >= 11 is 0. The third-order valence-electron chi connectivity index (χ3n) is 1.49. The molecule has 0 bridgehead atoms. The largest absolute Gasteiger partial charge is 0.396 e. The van der Waals surface area contributed by atoms with E-state index >= 15 is 0 Å². The molecule has 0 saturated heterocycles. The number of hydrogen-bond donors (Lipinski definition) is 2. The Morgan fingerprint density at radius 2 is 2.00 bits per heavy atom. The van der Waals surface area contributed by atoms with Gasteiger partial charge in [0.15, 0.2) is 0 Å². The maximum absolute atomic E-state index is 10.4. The van der Waals surface area contributed by atoms with Gasteiger partial charge >= 0.3 is 0 Å². The molecule has 0 aliphatic heterocycles. The minimum atomic E-state index is -0.422. The van der Waals surface area contributed by atoms with E-state index in [1.807, 2.05) is 0 Å². The third kappa shape index (κ3) is 5.61. The quantitative estimate of drug-likeness (QED) is 0.437. The summed E-state index contributed by atoms with van der Waals surface area (Å²) in [5.41, 5.74) is 5.44. The number of carbonyl (C=O) groups is 1. The predicted octanol–water partition coefficient (Wildman–Crippen LogP) is 0.581. The van der Waals surface area contributed by atoms with E-state index in [2.05, 4.69) is 6.58 Å². The Balaban J connectivity index is 3.25. The van der Waals surface area contributed by atoms with Crippen LogP contribution in [0, 0.1) is 0 Å². The van der Waals surface area contributed by atoms with Crippen LogP contribution in [0.5, 0.6) is 0 Å². The van der Waals surface area contributed by atoms with Crippen LogP contribution >= 0.6 is 0 Å². The number of aliphatic hydroxyl groups is 1. The minimum absolute atomic E-state index is 0.211. The number of aliphatic hydroxyl groups excluding tert-OH is 1. The van der Waals surface area contributed by atoms with Crippen molar-refractivity contribution in [1.29, 1.82) is 0 Å². The lowest BCUT2D eigenvalue weighted by molar-refractivity contribution is -0.114. The lowest BCUT2D eigenvalue weighted by Crippen LogP contribution is -2.12. The van der Waals surface area contributed by atoms with E-state index in [9.17, 15) is 4.79 Å². The number of unbranched alkanes of at least 4 members (excludes halogenated alkanes) is 2. The van der Waals surface area contributed by atoms with Crippen LogP contribution in [0.3, 0.4) is 0 Å². The fraction of sp³-hybridized carbons (Fsp3) is 0.625. The van der Waals surface area contributed by atoms with Gasteiger partial charge in [-0.1, -0.05) is 13.0 Å². The highest BCUT2D eigenvalue weighted by molar-refractivity contribution is 5.91. The van der Waals surface area contributed by atoms with Crippen molar-refractivity contribution in [3.63, 3.8) is 0 Å². The van der Waals surface area contributed by atoms with Crippen LogP contribution in [0.4, 0.5) is 0 Å². The van der Waals surface area contributed by atoms with Gasteiger partial charge in [0, 0.05) is 12.2 Å². The van der Waals surface area contributed by atoms with E-state index in [1.165, 1.54) is 0 Å². The van der Waals surface area contributed by atoms with E-state index in [1.54, 1.807) is 0 Å². The molecule has 0 fully saturated rings. The summed E-state index contributed by atoms with van der Waals surface area (Å²) in [6, 6.07) is 0. The van der Waals surface area contributed by atoms with Crippen molar-refractivity contribution in [2.45, 2.75) is 25.7 Å². The first kappa shape index (κ1) is 10.2. The molecule has 3 heteroatoms. The normalized spacial score (nSPS) is 9.55. The SMILES string of the molecule is C=C(CCCCCO)C(N)=O. The Morgan fingerprint density at radius 1 is 1.36 bits per heavy atom. The molecule has 0 aliphatic carbocycles. The molecule has 0 atom stereocenters. The fourth-order valence-electron chi connectivity index (χ4n) is 0.750. The highest BCUT2D eigenvalue weighted by Crippen LogP contribution is 2.05. The number of nitrogens with two attached hydrogens (primary N) is 1. The zero-order chi connectivity index (χ0) is 8.69. The molecule has 0 saturated carbocycles. The molecule has 0 aliphatic rings. The lowest BCUT2D eigenvalue weighted by Gasteiger charge is -1.99. The monoisotopic (exact) mass is 157 g/mol. The third-order valence-corrected chi connectivity index (χ3v) is 1.49. The number of rotatable bonds is 6. The summed E-state index contributed by atoms with van der Waals surface area (Å²) in [5.74, 6) is -0.422. The molecule has 64 valence electrons. The van der Waals surface area contributed by atoms with E-state index in [-0.39, 0.29) is 6.61 Å². The average Bonchev–Trinajstić information content (AvgIpc) is 1.97. The molecule has 0 aromatic carbocycles. The highest BCUT2D eigenvalue weighted by atomic mass is 16.2. The van der Waals surface area contributed by atoms with E-state index in [4.69, 9.17) is 10.8 Å². The molecule has 11 heavy (non-hydrogen) atoms. The van der Waals surface area contributed by atoms with Crippen LogP contribution in [0.15, 0.2) is 12.2 Å². The van der Waals surface area contributed by atoms with Crippen molar-refractivity contribution in [3.8, 4) is 0 Å². The number of amides is 1.